The van der Waals surface area contributed by atoms with E-state index in [2.05, 4.69) is 41.5 Å². The van der Waals surface area contributed by atoms with Crippen molar-refractivity contribution in [3.05, 3.63) is 0 Å². The SMILES string of the molecule is CCCCCCCCCCCCCCCCCCCCC(=O)O[C@H](COC(=O)CCCCCCCCC)COP(=O)(O)OC[C@H](O)COP(=O)(O)OC[C@@H](COC(=O)CCCCCCCCCCCCCCCCC(C)CC)OC(=O)CCCCCCCCCCCCCCCCCCCCC(C)CC. The minimum atomic E-state index is -4.96. The minimum absolute atomic E-state index is 0.108. The molecular weight excluding hydrogens is 1370 g/mol. The molecule has 0 bridgehead atoms. The van der Waals surface area contributed by atoms with E-state index in [4.69, 9.17) is 37.0 Å². The van der Waals surface area contributed by atoms with E-state index in [1.807, 2.05) is 0 Å². The average molecular weight is 1540 g/mol. The van der Waals surface area contributed by atoms with Crippen LogP contribution < -0.4 is 0 Å². The van der Waals surface area contributed by atoms with Crippen molar-refractivity contribution in [1.29, 1.82) is 0 Å². The summed E-state index contributed by atoms with van der Waals surface area (Å²) in [5.74, 6) is -0.386. The normalized spacial score (nSPS) is 14.3. The Morgan fingerprint density at radius 3 is 0.676 bits per heavy atom. The van der Waals surface area contributed by atoms with Gasteiger partial charge in [0, 0.05) is 25.7 Å². The molecule has 4 unspecified atom stereocenters. The highest BCUT2D eigenvalue weighted by Gasteiger charge is 2.30. The van der Waals surface area contributed by atoms with Gasteiger partial charge in [0.1, 0.15) is 19.3 Å². The Hall–Kier alpha value is -1.94. The van der Waals surface area contributed by atoms with Crippen LogP contribution in [0.2, 0.25) is 0 Å². The largest absolute Gasteiger partial charge is 0.472 e. The van der Waals surface area contributed by atoms with Crippen molar-refractivity contribution in [3.8, 4) is 0 Å². The van der Waals surface area contributed by atoms with Crippen molar-refractivity contribution in [3.63, 3.8) is 0 Å². The van der Waals surface area contributed by atoms with E-state index in [1.165, 1.54) is 263 Å². The lowest BCUT2D eigenvalue weighted by molar-refractivity contribution is -0.161. The molecule has 105 heavy (non-hydrogen) atoms. The maximum atomic E-state index is 13.1. The van der Waals surface area contributed by atoms with Crippen molar-refractivity contribution in [2.24, 2.45) is 11.8 Å². The highest BCUT2D eigenvalue weighted by molar-refractivity contribution is 7.47. The molecule has 0 aliphatic heterocycles. The Bertz CT molecular complexity index is 2010. The van der Waals surface area contributed by atoms with Crippen molar-refractivity contribution < 1.29 is 80.2 Å². The maximum absolute atomic E-state index is 13.1. The molecule has 0 aliphatic rings. The molecule has 0 fully saturated rings. The van der Waals surface area contributed by atoms with Crippen LogP contribution in [0.5, 0.6) is 0 Å². The second-order valence-electron chi connectivity index (χ2n) is 31.4. The first-order valence-corrected chi connectivity index (χ1v) is 47.6. The van der Waals surface area contributed by atoms with Gasteiger partial charge in [0.25, 0.3) is 0 Å². The summed E-state index contributed by atoms with van der Waals surface area (Å²) in [6.07, 6.45) is 69.5. The number of phosphoric ester groups is 2. The molecule has 0 spiro atoms. The van der Waals surface area contributed by atoms with Crippen LogP contribution in [0.15, 0.2) is 0 Å². The number of aliphatic hydroxyl groups excluding tert-OH is 1. The van der Waals surface area contributed by atoms with Crippen molar-refractivity contribution >= 4 is 39.5 Å². The molecule has 0 rings (SSSR count). The zero-order chi connectivity index (χ0) is 77.1. The number of carbonyl (C=O) groups excluding carboxylic acids is 4. The van der Waals surface area contributed by atoms with Gasteiger partial charge < -0.3 is 33.8 Å². The van der Waals surface area contributed by atoms with Crippen LogP contribution in [-0.2, 0) is 65.4 Å². The van der Waals surface area contributed by atoms with Crippen molar-refractivity contribution in [1.82, 2.24) is 0 Å². The van der Waals surface area contributed by atoms with E-state index in [1.54, 1.807) is 0 Å². The van der Waals surface area contributed by atoms with Crippen LogP contribution >= 0.6 is 15.6 Å². The molecular formula is C86H168O17P2. The Balaban J connectivity index is 5.16. The molecule has 3 N–H and O–H groups in total. The molecule has 7 atom stereocenters. The fourth-order valence-corrected chi connectivity index (χ4v) is 14.9. The summed E-state index contributed by atoms with van der Waals surface area (Å²) >= 11 is 0. The standard InChI is InChI=1S/C86H168O17P2/c1-7-11-13-15-17-18-19-20-21-22-26-29-36-41-46-52-58-64-70-85(90)102-81(74-96-83(88)68-62-56-48-16-14-12-8-2)76-100-104(92,93)98-72-80(87)73-99-105(94,95)101-77-82(75-97-84(89)69-63-57-51-45-40-35-32-31-34-39-44-50-55-61-67-79(6)10-4)103-86(91)71-65-59-53-47-42-37-30-27-24-23-25-28-33-38-43-49-54-60-66-78(5)9-3/h78-82,87H,7-77H2,1-6H3,(H,92,93)(H,94,95)/t78?,79?,80-,81+,82+/m0/s1. The molecule has 624 valence electrons. The summed E-state index contributed by atoms with van der Waals surface area (Å²) in [6, 6.07) is 0. The third-order valence-corrected chi connectivity index (χ3v) is 22.8. The Morgan fingerprint density at radius 1 is 0.267 bits per heavy atom. The van der Waals surface area contributed by atoms with Gasteiger partial charge in [0.05, 0.1) is 26.4 Å². The number of aliphatic hydroxyl groups is 1. The van der Waals surface area contributed by atoms with Crippen LogP contribution in [0, 0.1) is 11.8 Å². The van der Waals surface area contributed by atoms with Crippen LogP contribution in [0.1, 0.15) is 459 Å². The second-order valence-corrected chi connectivity index (χ2v) is 34.3. The van der Waals surface area contributed by atoms with E-state index in [9.17, 15) is 43.2 Å². The van der Waals surface area contributed by atoms with Crippen molar-refractivity contribution in [2.45, 2.75) is 477 Å². The third-order valence-electron chi connectivity index (χ3n) is 20.9. The van der Waals surface area contributed by atoms with E-state index in [0.29, 0.717) is 25.7 Å². The lowest BCUT2D eigenvalue weighted by atomic mass is 9.99. The average Bonchev–Trinajstić information content (AvgIpc) is 0.918. The zero-order valence-corrected chi connectivity index (χ0v) is 70.8. The second kappa shape index (κ2) is 77.4. The van der Waals surface area contributed by atoms with Crippen LogP contribution in [0.3, 0.4) is 0 Å². The lowest BCUT2D eigenvalue weighted by Crippen LogP contribution is -2.30. The molecule has 0 aliphatic carbocycles. The molecule has 0 radical (unpaired) electrons. The summed E-state index contributed by atoms with van der Waals surface area (Å²) in [4.78, 5) is 73.1. The molecule has 19 heteroatoms. The summed E-state index contributed by atoms with van der Waals surface area (Å²) in [5.41, 5.74) is 0. The van der Waals surface area contributed by atoms with E-state index >= 15 is 0 Å². The number of hydrogen-bond acceptors (Lipinski definition) is 15. The minimum Gasteiger partial charge on any atom is -0.462 e. The van der Waals surface area contributed by atoms with E-state index in [0.717, 1.165) is 115 Å². The lowest BCUT2D eigenvalue weighted by Gasteiger charge is -2.21. The molecule has 0 aromatic heterocycles. The molecule has 0 aromatic rings. The maximum Gasteiger partial charge on any atom is 0.472 e. The molecule has 17 nitrogen and oxygen atoms in total. The van der Waals surface area contributed by atoms with Gasteiger partial charge in [-0.3, -0.25) is 37.3 Å². The van der Waals surface area contributed by atoms with E-state index < -0.39 is 97.5 Å². The fraction of sp³-hybridized carbons (Fsp3) is 0.953. The number of esters is 4. The fourth-order valence-electron chi connectivity index (χ4n) is 13.4. The Kier molecular flexibility index (Phi) is 76.0. The van der Waals surface area contributed by atoms with Gasteiger partial charge in [-0.05, 0) is 37.5 Å². The predicted octanol–water partition coefficient (Wildman–Crippen LogP) is 26.2. The predicted molar refractivity (Wildman–Crippen MR) is 432 cm³/mol. The van der Waals surface area contributed by atoms with Gasteiger partial charge in [-0.15, -0.1) is 0 Å². The quantitative estimate of drug-likeness (QED) is 0.0222. The first-order valence-electron chi connectivity index (χ1n) is 44.6. The smallest absolute Gasteiger partial charge is 0.462 e. The zero-order valence-electron chi connectivity index (χ0n) is 69.0. The number of ether oxygens (including phenoxy) is 4. The topological polar surface area (TPSA) is 237 Å². The molecule has 0 amide bonds. The van der Waals surface area contributed by atoms with Gasteiger partial charge >= 0.3 is 39.5 Å². The van der Waals surface area contributed by atoms with Crippen LogP contribution in [-0.4, -0.2) is 96.7 Å². The summed E-state index contributed by atoms with van der Waals surface area (Å²) in [6.45, 7) is 9.75. The van der Waals surface area contributed by atoms with Crippen LogP contribution in [0.25, 0.3) is 0 Å². The summed E-state index contributed by atoms with van der Waals surface area (Å²) in [7, 11) is -9.92. The van der Waals surface area contributed by atoms with Gasteiger partial charge in [0.2, 0.25) is 0 Å². The Labute approximate surface area is 645 Å². The van der Waals surface area contributed by atoms with Gasteiger partial charge in [-0.1, -0.05) is 408 Å². The number of hydrogen-bond donors (Lipinski definition) is 3. The molecule has 0 saturated heterocycles. The van der Waals surface area contributed by atoms with Crippen LogP contribution in [0.4, 0.5) is 0 Å². The molecule has 0 heterocycles. The first-order chi connectivity index (χ1) is 50.9. The number of carbonyl (C=O) groups is 4. The van der Waals surface area contributed by atoms with E-state index in [-0.39, 0.29) is 25.7 Å². The summed E-state index contributed by atoms with van der Waals surface area (Å²) in [5, 5.41) is 10.7. The van der Waals surface area contributed by atoms with Gasteiger partial charge in [-0.2, -0.15) is 0 Å². The van der Waals surface area contributed by atoms with Gasteiger partial charge in [-0.25, -0.2) is 9.13 Å². The molecule has 0 saturated carbocycles. The highest BCUT2D eigenvalue weighted by Crippen LogP contribution is 2.45. The number of rotatable bonds is 85. The van der Waals surface area contributed by atoms with Gasteiger partial charge in [0.15, 0.2) is 12.2 Å². The number of unbranched alkanes of at least 4 members (excludes halogenated alkanes) is 53. The first kappa shape index (κ1) is 103. The summed E-state index contributed by atoms with van der Waals surface area (Å²) < 4.78 is 68.8. The van der Waals surface area contributed by atoms with Crippen molar-refractivity contribution in [2.75, 3.05) is 39.6 Å². The monoisotopic (exact) mass is 1540 g/mol. The Morgan fingerprint density at radius 2 is 0.457 bits per heavy atom. The number of phosphoric acid groups is 2. The molecule has 0 aromatic carbocycles. The third kappa shape index (κ3) is 77.2. The highest BCUT2D eigenvalue weighted by atomic mass is 31.2.